The Labute approximate surface area is 124 Å². The standard InChI is InChI=1S/C14H24N4O3/c1-9(10-17-11(18-21-10)13(2,3)4)16-12(19)14(15)5-7-20-8-6-14/h9H,5-8,15H2,1-4H3,(H,16,19). The molecule has 21 heavy (non-hydrogen) atoms. The SMILES string of the molecule is CC(NC(=O)C1(N)CCOCC1)c1nc(C(C)(C)C)no1. The molecule has 118 valence electrons. The Morgan fingerprint density at radius 3 is 2.52 bits per heavy atom. The van der Waals surface area contributed by atoms with Crippen molar-refractivity contribution >= 4 is 5.91 Å². The van der Waals surface area contributed by atoms with Crippen molar-refractivity contribution in [2.24, 2.45) is 5.73 Å². The highest BCUT2D eigenvalue weighted by molar-refractivity contribution is 5.86. The van der Waals surface area contributed by atoms with Gasteiger partial charge in [-0.1, -0.05) is 25.9 Å². The molecule has 1 aliphatic heterocycles. The second-order valence-electron chi connectivity index (χ2n) is 6.67. The molecule has 0 bridgehead atoms. The van der Waals surface area contributed by atoms with E-state index in [0.29, 0.717) is 37.8 Å². The lowest BCUT2D eigenvalue weighted by atomic mass is 9.90. The van der Waals surface area contributed by atoms with Crippen LogP contribution in [-0.2, 0) is 14.9 Å². The van der Waals surface area contributed by atoms with Gasteiger partial charge in [0, 0.05) is 18.6 Å². The van der Waals surface area contributed by atoms with Crippen molar-refractivity contribution in [3.05, 3.63) is 11.7 Å². The topological polar surface area (TPSA) is 103 Å². The first-order chi connectivity index (χ1) is 9.72. The molecule has 2 rings (SSSR count). The summed E-state index contributed by atoms with van der Waals surface area (Å²) in [6.45, 7) is 8.83. The van der Waals surface area contributed by atoms with Crippen LogP contribution in [0.1, 0.15) is 58.3 Å². The van der Waals surface area contributed by atoms with Gasteiger partial charge in [-0.2, -0.15) is 4.98 Å². The fraction of sp³-hybridized carbons (Fsp3) is 0.786. The molecule has 0 aromatic carbocycles. The van der Waals surface area contributed by atoms with E-state index in [1.165, 1.54) is 0 Å². The van der Waals surface area contributed by atoms with Gasteiger partial charge in [0.25, 0.3) is 0 Å². The van der Waals surface area contributed by atoms with Crippen molar-refractivity contribution in [3.8, 4) is 0 Å². The van der Waals surface area contributed by atoms with Crippen molar-refractivity contribution in [2.45, 2.75) is 57.5 Å². The first-order valence-electron chi connectivity index (χ1n) is 7.24. The molecule has 7 heteroatoms. The summed E-state index contributed by atoms with van der Waals surface area (Å²) in [6.07, 6.45) is 1.03. The number of amides is 1. The Bertz CT molecular complexity index is 501. The molecule has 3 N–H and O–H groups in total. The molecule has 0 aliphatic carbocycles. The van der Waals surface area contributed by atoms with Crippen molar-refractivity contribution in [3.63, 3.8) is 0 Å². The molecule has 1 aliphatic rings. The quantitative estimate of drug-likeness (QED) is 0.864. The Morgan fingerprint density at radius 1 is 1.38 bits per heavy atom. The van der Waals surface area contributed by atoms with Gasteiger partial charge in [0.05, 0.1) is 5.54 Å². The van der Waals surface area contributed by atoms with Gasteiger partial charge in [-0.25, -0.2) is 0 Å². The second-order valence-corrected chi connectivity index (χ2v) is 6.67. The minimum Gasteiger partial charge on any atom is -0.381 e. The highest BCUT2D eigenvalue weighted by atomic mass is 16.5. The molecule has 1 aromatic rings. The van der Waals surface area contributed by atoms with Crippen molar-refractivity contribution in [1.29, 1.82) is 0 Å². The Kier molecular flexibility index (Phi) is 4.34. The number of carbonyl (C=O) groups excluding carboxylic acids is 1. The van der Waals surface area contributed by atoms with Crippen LogP contribution in [0.5, 0.6) is 0 Å². The molecule has 1 aromatic heterocycles. The van der Waals surface area contributed by atoms with E-state index in [1.807, 2.05) is 20.8 Å². The summed E-state index contributed by atoms with van der Waals surface area (Å²) in [5.41, 5.74) is 5.08. The average Bonchev–Trinajstić information content (AvgIpc) is 2.89. The van der Waals surface area contributed by atoms with E-state index in [-0.39, 0.29) is 17.4 Å². The molecular formula is C14H24N4O3. The zero-order valence-electron chi connectivity index (χ0n) is 13.1. The minimum absolute atomic E-state index is 0.193. The maximum Gasteiger partial charge on any atom is 0.248 e. The summed E-state index contributed by atoms with van der Waals surface area (Å²) >= 11 is 0. The number of ether oxygens (including phenoxy) is 1. The highest BCUT2D eigenvalue weighted by Crippen LogP contribution is 2.22. The van der Waals surface area contributed by atoms with E-state index >= 15 is 0 Å². The zero-order valence-corrected chi connectivity index (χ0v) is 13.1. The van der Waals surface area contributed by atoms with E-state index in [4.69, 9.17) is 15.0 Å². The highest BCUT2D eigenvalue weighted by Gasteiger charge is 2.37. The molecule has 1 fully saturated rings. The summed E-state index contributed by atoms with van der Waals surface area (Å²) in [5, 5.41) is 6.81. The van der Waals surface area contributed by atoms with Crippen LogP contribution in [0.25, 0.3) is 0 Å². The van der Waals surface area contributed by atoms with Gasteiger partial charge >= 0.3 is 0 Å². The Hall–Kier alpha value is -1.47. The molecule has 1 unspecified atom stereocenters. The minimum atomic E-state index is -0.876. The van der Waals surface area contributed by atoms with E-state index in [2.05, 4.69) is 15.5 Å². The van der Waals surface area contributed by atoms with Crippen molar-refractivity contribution in [1.82, 2.24) is 15.5 Å². The van der Waals surface area contributed by atoms with Gasteiger partial charge < -0.3 is 20.3 Å². The molecule has 0 radical (unpaired) electrons. The second kappa shape index (κ2) is 5.73. The third-order valence-corrected chi connectivity index (χ3v) is 3.67. The van der Waals surface area contributed by atoms with Gasteiger partial charge in [-0.3, -0.25) is 4.79 Å². The van der Waals surface area contributed by atoms with E-state index < -0.39 is 5.54 Å². The number of nitrogens with one attached hydrogen (secondary N) is 1. The van der Waals surface area contributed by atoms with Crippen LogP contribution in [-0.4, -0.2) is 34.8 Å². The Morgan fingerprint density at radius 2 is 2.00 bits per heavy atom. The number of nitrogens with two attached hydrogens (primary N) is 1. The molecule has 7 nitrogen and oxygen atoms in total. The smallest absolute Gasteiger partial charge is 0.248 e. The van der Waals surface area contributed by atoms with E-state index in [0.717, 1.165) is 0 Å². The fourth-order valence-corrected chi connectivity index (χ4v) is 2.08. The number of nitrogens with zero attached hydrogens (tertiary/aromatic N) is 2. The maximum absolute atomic E-state index is 12.3. The average molecular weight is 296 g/mol. The summed E-state index contributed by atoms with van der Waals surface area (Å²) in [6, 6.07) is -0.371. The molecule has 1 amide bonds. The van der Waals surface area contributed by atoms with Gasteiger partial charge in [-0.15, -0.1) is 0 Å². The van der Waals surface area contributed by atoms with Gasteiger partial charge in [0.1, 0.15) is 6.04 Å². The maximum atomic E-state index is 12.3. The van der Waals surface area contributed by atoms with E-state index in [9.17, 15) is 4.79 Å². The van der Waals surface area contributed by atoms with Gasteiger partial charge in [-0.05, 0) is 19.8 Å². The summed E-state index contributed by atoms with van der Waals surface area (Å²) in [4.78, 5) is 16.7. The fourth-order valence-electron chi connectivity index (χ4n) is 2.08. The zero-order chi connectivity index (χ0) is 15.7. The molecule has 0 spiro atoms. The Balaban J connectivity index is 2.02. The molecule has 2 heterocycles. The lowest BCUT2D eigenvalue weighted by Crippen LogP contribution is -2.57. The lowest BCUT2D eigenvalue weighted by Gasteiger charge is -2.32. The number of rotatable bonds is 3. The predicted octanol–water partition coefficient (Wildman–Crippen LogP) is 1.05. The first kappa shape index (κ1) is 15.9. The largest absolute Gasteiger partial charge is 0.381 e. The number of carbonyl (C=O) groups is 1. The van der Waals surface area contributed by atoms with Crippen LogP contribution in [0.4, 0.5) is 0 Å². The monoisotopic (exact) mass is 296 g/mol. The van der Waals surface area contributed by atoms with Gasteiger partial charge in [0.2, 0.25) is 11.8 Å². The van der Waals surface area contributed by atoms with E-state index in [1.54, 1.807) is 6.92 Å². The van der Waals surface area contributed by atoms with Crippen LogP contribution < -0.4 is 11.1 Å². The number of hydrogen-bond donors (Lipinski definition) is 2. The normalized spacial score (nSPS) is 20.0. The predicted molar refractivity (Wildman–Crippen MR) is 76.5 cm³/mol. The van der Waals surface area contributed by atoms with Crippen LogP contribution >= 0.6 is 0 Å². The summed E-state index contributed by atoms with van der Waals surface area (Å²) in [5.74, 6) is 0.810. The summed E-state index contributed by atoms with van der Waals surface area (Å²) in [7, 11) is 0. The van der Waals surface area contributed by atoms with Crippen LogP contribution in [0.15, 0.2) is 4.52 Å². The molecular weight excluding hydrogens is 272 g/mol. The van der Waals surface area contributed by atoms with Crippen molar-refractivity contribution < 1.29 is 14.1 Å². The summed E-state index contributed by atoms with van der Waals surface area (Å²) < 4.78 is 10.5. The lowest BCUT2D eigenvalue weighted by molar-refractivity contribution is -0.130. The van der Waals surface area contributed by atoms with Crippen LogP contribution in [0.2, 0.25) is 0 Å². The van der Waals surface area contributed by atoms with Crippen molar-refractivity contribution in [2.75, 3.05) is 13.2 Å². The number of hydrogen-bond acceptors (Lipinski definition) is 6. The third kappa shape index (κ3) is 3.59. The van der Waals surface area contributed by atoms with Gasteiger partial charge in [0.15, 0.2) is 5.82 Å². The van der Waals surface area contributed by atoms with Crippen LogP contribution in [0, 0.1) is 0 Å². The first-order valence-corrected chi connectivity index (χ1v) is 7.24. The molecule has 0 saturated carbocycles. The number of aromatic nitrogens is 2. The molecule has 1 saturated heterocycles. The molecule has 1 atom stereocenters. The third-order valence-electron chi connectivity index (χ3n) is 3.67. The van der Waals surface area contributed by atoms with Crippen LogP contribution in [0.3, 0.4) is 0 Å².